The highest BCUT2D eigenvalue weighted by atomic mass is 19.1. The van der Waals surface area contributed by atoms with Crippen molar-refractivity contribution in [1.29, 1.82) is 0 Å². The van der Waals surface area contributed by atoms with Gasteiger partial charge in [-0.2, -0.15) is 5.10 Å². The highest BCUT2D eigenvalue weighted by Gasteiger charge is 2.29. The van der Waals surface area contributed by atoms with Crippen molar-refractivity contribution in [3.05, 3.63) is 47.5 Å². The minimum absolute atomic E-state index is 0.0521. The fraction of sp³-hybridized carbons (Fsp3) is 0.421. The minimum Gasteiger partial charge on any atom is -0.337 e. The molecule has 1 saturated heterocycles. The number of aryl methyl sites for hydroxylation is 2. The topological polar surface area (TPSA) is 67.2 Å². The number of likely N-dealkylation sites (tertiary alicyclic amines) is 1. The highest BCUT2D eigenvalue weighted by molar-refractivity contribution is 5.94. The number of benzene rings is 1. The van der Waals surface area contributed by atoms with Crippen molar-refractivity contribution in [2.24, 2.45) is 13.0 Å². The molecule has 1 fully saturated rings. The normalized spacial score (nSPS) is 15.1. The molecule has 26 heavy (non-hydrogen) atoms. The summed E-state index contributed by atoms with van der Waals surface area (Å²) in [6.07, 6.45) is 1.96. The fourth-order valence-electron chi connectivity index (χ4n) is 3.22. The van der Waals surface area contributed by atoms with Gasteiger partial charge in [-0.3, -0.25) is 14.3 Å². The van der Waals surface area contributed by atoms with Crippen molar-refractivity contribution in [2.45, 2.75) is 26.2 Å². The van der Waals surface area contributed by atoms with Gasteiger partial charge >= 0.3 is 0 Å². The smallest absolute Gasteiger partial charge is 0.272 e. The van der Waals surface area contributed by atoms with Crippen LogP contribution < -0.4 is 5.32 Å². The summed E-state index contributed by atoms with van der Waals surface area (Å²) in [6, 6.07) is 7.68. The van der Waals surface area contributed by atoms with E-state index in [0.29, 0.717) is 37.3 Å². The van der Waals surface area contributed by atoms with Gasteiger partial charge in [-0.25, -0.2) is 4.39 Å². The molecule has 3 rings (SSSR count). The number of amides is 2. The summed E-state index contributed by atoms with van der Waals surface area (Å²) in [4.78, 5) is 26.8. The molecule has 0 atom stereocenters. The number of halogens is 1. The van der Waals surface area contributed by atoms with Gasteiger partial charge in [-0.05, 0) is 43.5 Å². The lowest BCUT2D eigenvalue weighted by Gasteiger charge is -2.31. The van der Waals surface area contributed by atoms with Crippen LogP contribution in [0.15, 0.2) is 30.3 Å². The zero-order chi connectivity index (χ0) is 18.7. The first-order valence-corrected chi connectivity index (χ1v) is 8.86. The number of anilines is 1. The molecule has 6 nitrogen and oxygen atoms in total. The van der Waals surface area contributed by atoms with Crippen LogP contribution in [0, 0.1) is 11.7 Å². The molecule has 2 heterocycles. The molecule has 0 spiro atoms. The number of nitrogens with zero attached hydrogens (tertiary/aromatic N) is 3. The van der Waals surface area contributed by atoms with Crippen LogP contribution in [0.1, 0.15) is 35.9 Å². The first-order valence-electron chi connectivity index (χ1n) is 8.86. The summed E-state index contributed by atoms with van der Waals surface area (Å²) in [7, 11) is 1.77. The van der Waals surface area contributed by atoms with Crippen LogP contribution in [-0.4, -0.2) is 39.6 Å². The van der Waals surface area contributed by atoms with Crippen molar-refractivity contribution in [3.63, 3.8) is 0 Å². The Morgan fingerprint density at radius 1 is 1.27 bits per heavy atom. The molecule has 138 valence electrons. The summed E-state index contributed by atoms with van der Waals surface area (Å²) in [5.74, 6) is -0.744. The molecule has 0 saturated carbocycles. The van der Waals surface area contributed by atoms with Crippen molar-refractivity contribution >= 4 is 17.5 Å². The van der Waals surface area contributed by atoms with Gasteiger partial charge in [0.1, 0.15) is 11.5 Å². The van der Waals surface area contributed by atoms with Crippen LogP contribution in [0.5, 0.6) is 0 Å². The molecule has 0 unspecified atom stereocenters. The largest absolute Gasteiger partial charge is 0.337 e. The van der Waals surface area contributed by atoms with E-state index in [1.165, 1.54) is 12.1 Å². The van der Waals surface area contributed by atoms with Crippen molar-refractivity contribution in [2.75, 3.05) is 18.4 Å². The Morgan fingerprint density at radius 3 is 2.62 bits per heavy atom. The van der Waals surface area contributed by atoms with Crippen LogP contribution >= 0.6 is 0 Å². The van der Waals surface area contributed by atoms with Gasteiger partial charge in [0.05, 0.1) is 5.69 Å². The number of hydrogen-bond donors (Lipinski definition) is 1. The SMILES string of the molecule is CCc1cc(C(=O)N2CCC(C(=O)Nc3cccc(F)c3)CC2)n(C)n1. The number of hydrogen-bond acceptors (Lipinski definition) is 3. The maximum absolute atomic E-state index is 13.2. The van der Waals surface area contributed by atoms with Gasteiger partial charge in [0, 0.05) is 31.7 Å². The molecule has 1 aliphatic rings. The van der Waals surface area contributed by atoms with E-state index >= 15 is 0 Å². The average Bonchev–Trinajstić information content (AvgIpc) is 3.02. The Morgan fingerprint density at radius 2 is 2.00 bits per heavy atom. The maximum atomic E-state index is 13.2. The highest BCUT2D eigenvalue weighted by Crippen LogP contribution is 2.21. The molecule has 0 aliphatic carbocycles. The van der Waals surface area contributed by atoms with E-state index in [1.54, 1.807) is 28.8 Å². The third-order valence-corrected chi connectivity index (χ3v) is 4.76. The lowest BCUT2D eigenvalue weighted by Crippen LogP contribution is -2.42. The zero-order valence-electron chi connectivity index (χ0n) is 15.0. The monoisotopic (exact) mass is 358 g/mol. The number of aromatic nitrogens is 2. The Bertz CT molecular complexity index is 810. The Kier molecular flexibility index (Phi) is 5.35. The van der Waals surface area contributed by atoms with Gasteiger partial charge in [0.25, 0.3) is 5.91 Å². The zero-order valence-corrected chi connectivity index (χ0v) is 15.0. The van der Waals surface area contributed by atoms with Crippen molar-refractivity contribution in [3.8, 4) is 0 Å². The Labute approximate surface area is 152 Å². The number of carbonyl (C=O) groups is 2. The molecular weight excluding hydrogens is 335 g/mol. The van der Waals surface area contributed by atoms with Crippen LogP contribution in [0.25, 0.3) is 0 Å². The Balaban J connectivity index is 1.57. The van der Waals surface area contributed by atoms with Gasteiger partial charge < -0.3 is 10.2 Å². The predicted molar refractivity (Wildman–Crippen MR) is 96.2 cm³/mol. The molecule has 2 amide bonds. The second-order valence-electron chi connectivity index (χ2n) is 6.56. The molecule has 1 N–H and O–H groups in total. The minimum atomic E-state index is -0.383. The third kappa shape index (κ3) is 3.92. The van der Waals surface area contributed by atoms with Gasteiger partial charge in [-0.1, -0.05) is 13.0 Å². The second kappa shape index (κ2) is 7.68. The van der Waals surface area contributed by atoms with Crippen LogP contribution in [-0.2, 0) is 18.3 Å². The third-order valence-electron chi connectivity index (χ3n) is 4.76. The van der Waals surface area contributed by atoms with Crippen LogP contribution in [0.3, 0.4) is 0 Å². The number of nitrogens with one attached hydrogen (secondary N) is 1. The van der Waals surface area contributed by atoms with Crippen molar-refractivity contribution < 1.29 is 14.0 Å². The lowest BCUT2D eigenvalue weighted by atomic mass is 9.95. The molecule has 7 heteroatoms. The first-order chi connectivity index (χ1) is 12.5. The van der Waals surface area contributed by atoms with E-state index in [1.807, 2.05) is 13.0 Å². The average molecular weight is 358 g/mol. The molecular formula is C19H23FN4O2. The van der Waals surface area contributed by atoms with Crippen LogP contribution in [0.4, 0.5) is 10.1 Å². The van der Waals surface area contributed by atoms with E-state index in [9.17, 15) is 14.0 Å². The molecule has 2 aromatic rings. The summed E-state index contributed by atoms with van der Waals surface area (Å²) >= 11 is 0. The summed E-state index contributed by atoms with van der Waals surface area (Å²) in [5.41, 5.74) is 1.92. The quantitative estimate of drug-likeness (QED) is 0.914. The fourth-order valence-corrected chi connectivity index (χ4v) is 3.22. The van der Waals surface area contributed by atoms with E-state index in [0.717, 1.165) is 12.1 Å². The molecule has 0 radical (unpaired) electrons. The molecule has 1 aromatic carbocycles. The predicted octanol–water partition coefficient (Wildman–Crippen LogP) is 2.61. The molecule has 1 aromatic heterocycles. The summed E-state index contributed by atoms with van der Waals surface area (Å²) < 4.78 is 14.8. The van der Waals surface area contributed by atoms with E-state index < -0.39 is 0 Å². The second-order valence-corrected chi connectivity index (χ2v) is 6.56. The Hall–Kier alpha value is -2.70. The summed E-state index contributed by atoms with van der Waals surface area (Å²) in [6.45, 7) is 3.04. The molecule has 0 bridgehead atoms. The summed E-state index contributed by atoms with van der Waals surface area (Å²) in [5, 5.41) is 7.07. The number of rotatable bonds is 4. The van der Waals surface area contributed by atoms with Gasteiger partial charge in [0.2, 0.25) is 5.91 Å². The standard InChI is InChI=1S/C19H23FN4O2/c1-3-15-12-17(23(2)22-15)19(26)24-9-7-13(8-10-24)18(25)21-16-6-4-5-14(20)11-16/h4-6,11-13H,3,7-10H2,1-2H3,(H,21,25). The number of carbonyl (C=O) groups excluding carboxylic acids is 2. The molecule has 1 aliphatic heterocycles. The van der Waals surface area contributed by atoms with Gasteiger partial charge in [0.15, 0.2) is 0 Å². The van der Waals surface area contributed by atoms with Gasteiger partial charge in [-0.15, -0.1) is 0 Å². The van der Waals surface area contributed by atoms with Crippen molar-refractivity contribution in [1.82, 2.24) is 14.7 Å². The number of piperidine rings is 1. The first kappa shape index (κ1) is 18.1. The van der Waals surface area contributed by atoms with E-state index in [-0.39, 0.29) is 23.5 Å². The van der Waals surface area contributed by atoms with E-state index in [2.05, 4.69) is 10.4 Å². The van der Waals surface area contributed by atoms with E-state index in [4.69, 9.17) is 0 Å². The maximum Gasteiger partial charge on any atom is 0.272 e. The van der Waals surface area contributed by atoms with Crippen LogP contribution in [0.2, 0.25) is 0 Å². The lowest BCUT2D eigenvalue weighted by molar-refractivity contribution is -0.121.